The van der Waals surface area contributed by atoms with Crippen LogP contribution >= 0.6 is 0 Å². The molecular weight excluding hydrogens is 203 g/mol. The number of hydrogen-bond acceptors (Lipinski definition) is 1. The first-order valence-corrected chi connectivity index (χ1v) is 5.68. The average Bonchev–Trinajstić information content (AvgIpc) is 2.73. The molecule has 1 aromatic heterocycles. The van der Waals surface area contributed by atoms with Crippen molar-refractivity contribution in [3.63, 3.8) is 0 Å². The summed E-state index contributed by atoms with van der Waals surface area (Å²) in [5, 5.41) is 0.949. The summed E-state index contributed by atoms with van der Waals surface area (Å²) in [7, 11) is 0. The van der Waals surface area contributed by atoms with E-state index in [4.69, 9.17) is 0 Å². The quantitative estimate of drug-likeness (QED) is 0.777. The molecule has 0 spiro atoms. The maximum Gasteiger partial charge on any atom is 0.123 e. The van der Waals surface area contributed by atoms with E-state index in [2.05, 4.69) is 16.3 Å². The van der Waals surface area contributed by atoms with Gasteiger partial charge in [0.15, 0.2) is 0 Å². The fourth-order valence-corrected chi connectivity index (χ4v) is 2.25. The normalized spacial score (nSPS) is 16.9. The molecule has 1 N–H and O–H groups in total. The van der Waals surface area contributed by atoms with Gasteiger partial charge in [0.2, 0.25) is 0 Å². The molecule has 16 heavy (non-hydrogen) atoms. The summed E-state index contributed by atoms with van der Waals surface area (Å²) in [6, 6.07) is 6.89. The Balaban J connectivity index is 1.97. The van der Waals surface area contributed by atoms with Crippen LogP contribution in [0.2, 0.25) is 0 Å². The summed E-state index contributed by atoms with van der Waals surface area (Å²) >= 11 is 0. The molecule has 1 aliphatic heterocycles. The van der Waals surface area contributed by atoms with Crippen molar-refractivity contribution in [1.82, 2.24) is 4.98 Å². The van der Waals surface area contributed by atoms with Crippen LogP contribution in [-0.4, -0.2) is 18.1 Å². The Morgan fingerprint density at radius 1 is 1.12 bits per heavy atom. The highest BCUT2D eigenvalue weighted by Gasteiger charge is 2.13. The molecule has 1 aliphatic rings. The third-order valence-corrected chi connectivity index (χ3v) is 3.12. The van der Waals surface area contributed by atoms with Gasteiger partial charge in [-0.05, 0) is 43.5 Å². The largest absolute Gasteiger partial charge is 0.358 e. The van der Waals surface area contributed by atoms with Crippen LogP contribution in [0.4, 0.5) is 10.2 Å². The van der Waals surface area contributed by atoms with Gasteiger partial charge < -0.3 is 9.88 Å². The highest BCUT2D eigenvalue weighted by Crippen LogP contribution is 2.24. The van der Waals surface area contributed by atoms with Crippen molar-refractivity contribution in [3.8, 4) is 0 Å². The third-order valence-electron chi connectivity index (χ3n) is 3.12. The Morgan fingerprint density at radius 3 is 2.75 bits per heavy atom. The van der Waals surface area contributed by atoms with Gasteiger partial charge in [-0.1, -0.05) is 0 Å². The molecule has 1 fully saturated rings. The van der Waals surface area contributed by atoms with Crippen LogP contribution in [0.15, 0.2) is 24.3 Å². The second kappa shape index (κ2) is 3.81. The van der Waals surface area contributed by atoms with Crippen molar-refractivity contribution in [1.29, 1.82) is 0 Å². The summed E-state index contributed by atoms with van der Waals surface area (Å²) in [5.74, 6) is 0.929. The molecule has 0 atom stereocenters. The minimum atomic E-state index is -0.176. The Morgan fingerprint density at radius 2 is 1.94 bits per heavy atom. The summed E-state index contributed by atoms with van der Waals surface area (Å²) in [4.78, 5) is 5.66. The number of hydrogen-bond donors (Lipinski definition) is 1. The molecule has 1 aromatic carbocycles. The van der Waals surface area contributed by atoms with Gasteiger partial charge in [0.25, 0.3) is 0 Å². The van der Waals surface area contributed by atoms with E-state index in [9.17, 15) is 4.39 Å². The zero-order valence-electron chi connectivity index (χ0n) is 9.04. The van der Waals surface area contributed by atoms with Gasteiger partial charge in [0.05, 0.1) is 0 Å². The molecule has 3 heteroatoms. The molecule has 0 saturated carbocycles. The highest BCUT2D eigenvalue weighted by molar-refractivity contribution is 5.84. The standard InChI is InChI=1S/C13H14FN2/c14-11-4-5-12-10(8-11)9-13(15-12)16-6-2-1-3-7-16/h1,4-5,8-9,15H,2-3,6-7H2. The lowest BCUT2D eigenvalue weighted by Gasteiger charge is -2.27. The number of rotatable bonds is 1. The van der Waals surface area contributed by atoms with E-state index >= 15 is 0 Å². The lowest BCUT2D eigenvalue weighted by atomic mass is 10.1. The second-order valence-corrected chi connectivity index (χ2v) is 4.24. The van der Waals surface area contributed by atoms with Gasteiger partial charge in [-0.25, -0.2) is 4.39 Å². The van der Waals surface area contributed by atoms with Crippen molar-refractivity contribution in [2.75, 3.05) is 18.0 Å². The Hall–Kier alpha value is -1.51. The molecule has 3 rings (SSSR count). The van der Waals surface area contributed by atoms with Gasteiger partial charge >= 0.3 is 0 Å². The van der Waals surface area contributed by atoms with Crippen LogP contribution in [0.1, 0.15) is 12.8 Å². The minimum absolute atomic E-state index is 0.176. The van der Waals surface area contributed by atoms with Crippen molar-refractivity contribution in [2.45, 2.75) is 12.8 Å². The average molecular weight is 217 g/mol. The van der Waals surface area contributed by atoms with E-state index in [0.29, 0.717) is 0 Å². The Labute approximate surface area is 94.1 Å². The van der Waals surface area contributed by atoms with Crippen LogP contribution < -0.4 is 4.90 Å². The fraction of sp³-hybridized carbons (Fsp3) is 0.308. The number of anilines is 1. The Bertz CT molecular complexity index is 498. The van der Waals surface area contributed by atoms with Gasteiger partial charge in [-0.15, -0.1) is 0 Å². The predicted molar refractivity (Wildman–Crippen MR) is 64.0 cm³/mol. The summed E-state index contributed by atoms with van der Waals surface area (Å²) in [5.41, 5.74) is 1.01. The third kappa shape index (κ3) is 1.66. The van der Waals surface area contributed by atoms with Gasteiger partial charge in [-0.2, -0.15) is 0 Å². The van der Waals surface area contributed by atoms with E-state index in [-0.39, 0.29) is 5.82 Å². The lowest BCUT2D eigenvalue weighted by Crippen LogP contribution is -2.29. The molecule has 1 radical (unpaired) electrons. The maximum atomic E-state index is 13.1. The molecule has 0 bridgehead atoms. The number of fused-ring (bicyclic) bond motifs is 1. The first-order valence-electron chi connectivity index (χ1n) is 5.68. The van der Waals surface area contributed by atoms with Crippen LogP contribution in [0.3, 0.4) is 0 Å². The molecule has 83 valence electrons. The van der Waals surface area contributed by atoms with Crippen molar-refractivity contribution < 1.29 is 4.39 Å². The highest BCUT2D eigenvalue weighted by atomic mass is 19.1. The van der Waals surface area contributed by atoms with E-state index in [1.165, 1.54) is 6.07 Å². The van der Waals surface area contributed by atoms with Gasteiger partial charge in [-0.3, -0.25) is 0 Å². The van der Waals surface area contributed by atoms with Crippen LogP contribution in [0, 0.1) is 12.2 Å². The Kier molecular flexibility index (Phi) is 2.31. The van der Waals surface area contributed by atoms with E-state index < -0.39 is 0 Å². The first kappa shape index (κ1) is 9.70. The van der Waals surface area contributed by atoms with Crippen molar-refractivity contribution in [2.24, 2.45) is 0 Å². The van der Waals surface area contributed by atoms with E-state index in [1.54, 1.807) is 12.1 Å². The molecule has 0 amide bonds. The topological polar surface area (TPSA) is 19.0 Å². The van der Waals surface area contributed by atoms with Crippen LogP contribution in [0.5, 0.6) is 0 Å². The van der Waals surface area contributed by atoms with Crippen molar-refractivity contribution >= 4 is 16.7 Å². The maximum absolute atomic E-state index is 13.1. The van der Waals surface area contributed by atoms with Gasteiger partial charge in [0, 0.05) is 24.0 Å². The second-order valence-electron chi connectivity index (χ2n) is 4.24. The van der Waals surface area contributed by atoms with E-state index in [1.807, 2.05) is 6.07 Å². The molecular formula is C13H14FN2. The lowest BCUT2D eigenvalue weighted by molar-refractivity contribution is 0.630. The minimum Gasteiger partial charge on any atom is -0.358 e. The van der Waals surface area contributed by atoms with Gasteiger partial charge in [0.1, 0.15) is 11.6 Å². The van der Waals surface area contributed by atoms with Crippen LogP contribution in [-0.2, 0) is 0 Å². The first-order chi connectivity index (χ1) is 7.83. The number of aromatic nitrogens is 1. The summed E-state index contributed by atoms with van der Waals surface area (Å²) < 4.78 is 13.1. The smallest absolute Gasteiger partial charge is 0.123 e. The molecule has 0 aliphatic carbocycles. The number of piperidine rings is 1. The summed E-state index contributed by atoms with van der Waals surface area (Å²) in [6.07, 6.45) is 4.58. The van der Waals surface area contributed by atoms with Crippen LogP contribution in [0.25, 0.3) is 10.9 Å². The number of halogens is 1. The zero-order chi connectivity index (χ0) is 11.0. The number of nitrogens with one attached hydrogen (secondary N) is 1. The molecule has 1 saturated heterocycles. The fourth-order valence-electron chi connectivity index (χ4n) is 2.25. The SMILES string of the molecule is Fc1ccc2[nH]c(N3CC[CH]CC3)cc2c1. The number of H-pyrrole nitrogens is 1. The zero-order valence-corrected chi connectivity index (χ0v) is 9.04. The predicted octanol–water partition coefficient (Wildman–Crippen LogP) is 3.11. The number of benzene rings is 1. The number of nitrogens with zero attached hydrogens (tertiary/aromatic N) is 1. The number of aromatic amines is 1. The summed E-state index contributed by atoms with van der Waals surface area (Å²) in [6.45, 7) is 2.10. The molecule has 0 unspecified atom stereocenters. The molecule has 2 aromatic rings. The molecule has 2 heterocycles. The monoisotopic (exact) mass is 217 g/mol. The van der Waals surface area contributed by atoms with E-state index in [0.717, 1.165) is 42.7 Å². The van der Waals surface area contributed by atoms with Crippen molar-refractivity contribution in [3.05, 3.63) is 36.5 Å². The molecule has 2 nitrogen and oxygen atoms in total.